The van der Waals surface area contributed by atoms with E-state index in [1.54, 1.807) is 0 Å². The molecule has 1 aliphatic heterocycles. The Labute approximate surface area is 180 Å². The number of aliphatic hydroxyl groups is 1. The molecule has 6 atom stereocenters. The van der Waals surface area contributed by atoms with Crippen molar-refractivity contribution >= 4 is 35.0 Å². The number of ether oxygens (including phenoxy) is 1. The van der Waals surface area contributed by atoms with Gasteiger partial charge in [-0.1, -0.05) is 37.9 Å². The van der Waals surface area contributed by atoms with Gasteiger partial charge in [-0.2, -0.15) is 0 Å². The van der Waals surface area contributed by atoms with Crippen LogP contribution in [0.2, 0.25) is 4.34 Å². The molecule has 3 heterocycles. The minimum absolute atomic E-state index is 0.0628. The SMILES string of the molecule is CCC1C(C)CC2(O)C(=O)OC(C)C2C1/C=C/c1ccc(-c2ccc(Cl)s2)cn1. The zero-order chi connectivity index (χ0) is 20.8. The van der Waals surface area contributed by atoms with E-state index in [2.05, 4.69) is 24.9 Å². The molecule has 1 saturated heterocycles. The number of halogens is 1. The highest BCUT2D eigenvalue weighted by Gasteiger charge is 2.62. The fourth-order valence-corrected chi connectivity index (χ4v) is 6.31. The number of carbonyl (C=O) groups excluding carboxylic acids is 1. The molecule has 1 saturated carbocycles. The molecule has 6 heteroatoms. The molecule has 0 spiro atoms. The Morgan fingerprint density at radius 2 is 2.14 bits per heavy atom. The standard InChI is InChI=1S/C23H26ClNO3S/c1-4-17-13(2)11-23(27)21(14(3)28-22(23)26)18(17)8-7-16-6-5-15(12-25-16)19-9-10-20(24)29-19/h5-10,12-14,17-18,21,27H,4,11H2,1-3H3/b8-7+. The van der Waals surface area contributed by atoms with Crippen LogP contribution in [0.15, 0.2) is 36.5 Å². The van der Waals surface area contributed by atoms with Gasteiger partial charge in [-0.15, -0.1) is 11.3 Å². The first-order valence-corrected chi connectivity index (χ1v) is 11.4. The number of carbonyl (C=O) groups is 1. The summed E-state index contributed by atoms with van der Waals surface area (Å²) in [5, 5.41) is 11.1. The molecule has 1 aliphatic carbocycles. The van der Waals surface area contributed by atoms with E-state index in [0.29, 0.717) is 12.3 Å². The molecule has 0 aromatic carbocycles. The van der Waals surface area contributed by atoms with Crippen LogP contribution in [0, 0.1) is 23.7 Å². The number of fused-ring (bicyclic) bond motifs is 1. The largest absolute Gasteiger partial charge is 0.460 e. The normalized spacial score (nSPS) is 34.4. The summed E-state index contributed by atoms with van der Waals surface area (Å²) in [4.78, 5) is 18.0. The summed E-state index contributed by atoms with van der Waals surface area (Å²) < 4.78 is 6.21. The summed E-state index contributed by atoms with van der Waals surface area (Å²) in [6.07, 6.45) is 7.16. The number of pyridine rings is 1. The van der Waals surface area contributed by atoms with Crippen molar-refractivity contribution in [3.63, 3.8) is 0 Å². The fraction of sp³-hybridized carbons (Fsp3) is 0.478. The number of aromatic nitrogens is 1. The third-order valence-electron chi connectivity index (χ3n) is 6.58. The van der Waals surface area contributed by atoms with E-state index in [-0.39, 0.29) is 23.9 Å². The van der Waals surface area contributed by atoms with Crippen LogP contribution in [0.3, 0.4) is 0 Å². The number of thiophene rings is 1. The molecular formula is C23H26ClNO3S. The molecule has 29 heavy (non-hydrogen) atoms. The summed E-state index contributed by atoms with van der Waals surface area (Å²) in [6.45, 7) is 6.19. The molecule has 0 bridgehead atoms. The van der Waals surface area contributed by atoms with Gasteiger partial charge in [-0.25, -0.2) is 4.79 Å². The summed E-state index contributed by atoms with van der Waals surface area (Å²) in [6, 6.07) is 7.90. The van der Waals surface area contributed by atoms with E-state index in [1.165, 1.54) is 11.3 Å². The maximum Gasteiger partial charge on any atom is 0.338 e. The van der Waals surface area contributed by atoms with E-state index >= 15 is 0 Å². The lowest BCUT2D eigenvalue weighted by Gasteiger charge is -2.45. The van der Waals surface area contributed by atoms with Gasteiger partial charge in [0, 0.05) is 22.6 Å². The van der Waals surface area contributed by atoms with Gasteiger partial charge in [-0.3, -0.25) is 4.98 Å². The van der Waals surface area contributed by atoms with Gasteiger partial charge in [0.05, 0.1) is 10.0 Å². The summed E-state index contributed by atoms with van der Waals surface area (Å²) in [5.74, 6) is 0.00766. The molecule has 0 radical (unpaired) electrons. The van der Waals surface area contributed by atoms with Crippen molar-refractivity contribution in [1.82, 2.24) is 4.98 Å². The van der Waals surface area contributed by atoms with Crippen LogP contribution in [-0.4, -0.2) is 27.8 Å². The predicted molar refractivity (Wildman–Crippen MR) is 117 cm³/mol. The monoisotopic (exact) mass is 431 g/mol. The second-order valence-corrected chi connectivity index (χ2v) is 10.0. The molecule has 2 aromatic rings. The van der Waals surface area contributed by atoms with Crippen LogP contribution in [0.4, 0.5) is 0 Å². The van der Waals surface area contributed by atoms with Gasteiger partial charge in [0.25, 0.3) is 0 Å². The van der Waals surface area contributed by atoms with Gasteiger partial charge in [-0.05, 0) is 61.4 Å². The molecule has 4 rings (SSSR count). The minimum atomic E-state index is -1.38. The molecule has 2 fully saturated rings. The topological polar surface area (TPSA) is 59.4 Å². The minimum Gasteiger partial charge on any atom is -0.460 e. The molecule has 1 N–H and O–H groups in total. The van der Waals surface area contributed by atoms with Crippen LogP contribution in [0.1, 0.15) is 39.3 Å². The van der Waals surface area contributed by atoms with Gasteiger partial charge in [0.1, 0.15) is 6.10 Å². The lowest BCUT2D eigenvalue weighted by atomic mass is 9.59. The molecule has 154 valence electrons. The van der Waals surface area contributed by atoms with Crippen molar-refractivity contribution in [3.05, 3.63) is 46.6 Å². The van der Waals surface area contributed by atoms with E-state index in [4.69, 9.17) is 16.3 Å². The van der Waals surface area contributed by atoms with Crippen LogP contribution in [-0.2, 0) is 9.53 Å². The highest BCUT2D eigenvalue weighted by Crippen LogP contribution is 2.52. The third-order valence-corrected chi connectivity index (χ3v) is 7.86. The zero-order valence-electron chi connectivity index (χ0n) is 16.8. The number of nitrogens with zero attached hydrogens (tertiary/aromatic N) is 1. The van der Waals surface area contributed by atoms with E-state index in [1.807, 2.05) is 43.5 Å². The molecule has 0 amide bonds. The number of cyclic esters (lactones) is 1. The Morgan fingerprint density at radius 3 is 2.76 bits per heavy atom. The number of rotatable bonds is 4. The predicted octanol–water partition coefficient (Wildman–Crippen LogP) is 5.45. The van der Waals surface area contributed by atoms with E-state index in [0.717, 1.165) is 26.9 Å². The van der Waals surface area contributed by atoms with Crippen molar-refractivity contribution in [2.75, 3.05) is 0 Å². The molecule has 2 aromatic heterocycles. The smallest absolute Gasteiger partial charge is 0.338 e. The maximum atomic E-state index is 12.4. The van der Waals surface area contributed by atoms with Gasteiger partial charge >= 0.3 is 5.97 Å². The Kier molecular flexibility index (Phi) is 5.58. The molecule has 4 nitrogen and oxygen atoms in total. The van der Waals surface area contributed by atoms with Gasteiger partial charge in [0.15, 0.2) is 5.60 Å². The second-order valence-electron chi connectivity index (χ2n) is 8.33. The number of hydrogen-bond acceptors (Lipinski definition) is 5. The Hall–Kier alpha value is -1.69. The first kappa shape index (κ1) is 20.6. The Balaban J connectivity index is 1.60. The molecular weight excluding hydrogens is 406 g/mol. The quantitative estimate of drug-likeness (QED) is 0.653. The molecule has 6 unspecified atom stereocenters. The Bertz CT molecular complexity index is 924. The van der Waals surface area contributed by atoms with Crippen LogP contribution in [0.5, 0.6) is 0 Å². The second kappa shape index (κ2) is 7.86. The first-order valence-electron chi connectivity index (χ1n) is 10.2. The fourth-order valence-electron chi connectivity index (χ4n) is 5.27. The first-order chi connectivity index (χ1) is 13.8. The van der Waals surface area contributed by atoms with Crippen molar-refractivity contribution in [2.24, 2.45) is 23.7 Å². The highest BCUT2D eigenvalue weighted by molar-refractivity contribution is 7.19. The van der Waals surface area contributed by atoms with Crippen molar-refractivity contribution in [3.8, 4) is 10.4 Å². The summed E-state index contributed by atoms with van der Waals surface area (Å²) in [5.41, 5.74) is 0.510. The molecule has 2 aliphatic rings. The van der Waals surface area contributed by atoms with E-state index in [9.17, 15) is 9.90 Å². The van der Waals surface area contributed by atoms with Gasteiger partial charge in [0.2, 0.25) is 0 Å². The van der Waals surface area contributed by atoms with Crippen molar-refractivity contribution < 1.29 is 14.6 Å². The van der Waals surface area contributed by atoms with Gasteiger partial charge < -0.3 is 9.84 Å². The summed E-state index contributed by atoms with van der Waals surface area (Å²) >= 11 is 7.56. The third kappa shape index (κ3) is 3.65. The lowest BCUT2D eigenvalue weighted by molar-refractivity contribution is -0.160. The maximum absolute atomic E-state index is 12.4. The number of hydrogen-bond donors (Lipinski definition) is 1. The van der Waals surface area contributed by atoms with Crippen LogP contribution < -0.4 is 0 Å². The Morgan fingerprint density at radius 1 is 1.34 bits per heavy atom. The highest BCUT2D eigenvalue weighted by atomic mass is 35.5. The van der Waals surface area contributed by atoms with Crippen molar-refractivity contribution in [1.29, 1.82) is 0 Å². The number of esters is 1. The van der Waals surface area contributed by atoms with Crippen LogP contribution >= 0.6 is 22.9 Å². The lowest BCUT2D eigenvalue weighted by Crippen LogP contribution is -2.53. The summed E-state index contributed by atoms with van der Waals surface area (Å²) in [7, 11) is 0. The van der Waals surface area contributed by atoms with Crippen molar-refractivity contribution in [2.45, 2.75) is 45.3 Å². The average molecular weight is 432 g/mol. The van der Waals surface area contributed by atoms with Crippen LogP contribution in [0.25, 0.3) is 16.5 Å². The average Bonchev–Trinajstić information content (AvgIpc) is 3.21. The van der Waals surface area contributed by atoms with E-state index < -0.39 is 11.6 Å². The zero-order valence-corrected chi connectivity index (χ0v) is 18.4. The number of allylic oxidation sites excluding steroid dienone is 1.